The Morgan fingerprint density at radius 3 is 2.27 bits per heavy atom. The van der Waals surface area contributed by atoms with Crippen LogP contribution in [0.2, 0.25) is 0 Å². The van der Waals surface area contributed by atoms with E-state index in [9.17, 15) is 9.59 Å². The molecule has 3 N–H and O–H groups in total. The number of rotatable bonds is 10. The lowest BCUT2D eigenvalue weighted by Crippen LogP contribution is -2.49. The standard InChI is InChI=1S/C28H31N3O5S/c1-19(2)24-13-12-20(3)16-25(24)36-18-26(32)30-31-28(37)29-27(33)21-8-7-11-23(17-21)35-15-14-34-22-9-5-4-6-10-22/h4-13,16-17,19H,14-15,18H2,1-3H3,(H,30,32)(H2,29,31,33,37). The van der Waals surface area contributed by atoms with E-state index in [-0.39, 0.29) is 17.6 Å². The molecule has 0 saturated carbocycles. The zero-order chi connectivity index (χ0) is 26.6. The molecule has 0 aliphatic rings. The minimum absolute atomic E-state index is 0.0562. The third-order valence-corrected chi connectivity index (χ3v) is 5.36. The Kier molecular flexibility index (Phi) is 10.3. The average molecular weight is 522 g/mol. The van der Waals surface area contributed by atoms with Gasteiger partial charge in [0.1, 0.15) is 30.5 Å². The van der Waals surface area contributed by atoms with E-state index in [2.05, 4.69) is 30.0 Å². The second kappa shape index (κ2) is 13.8. The Balaban J connectivity index is 1.40. The summed E-state index contributed by atoms with van der Waals surface area (Å²) >= 11 is 5.12. The lowest BCUT2D eigenvalue weighted by Gasteiger charge is -2.15. The minimum Gasteiger partial charge on any atom is -0.490 e. The van der Waals surface area contributed by atoms with Gasteiger partial charge in [-0.05, 0) is 72.6 Å². The molecule has 0 heterocycles. The van der Waals surface area contributed by atoms with Gasteiger partial charge in [-0.1, -0.05) is 50.2 Å². The van der Waals surface area contributed by atoms with Gasteiger partial charge in [0.05, 0.1) is 0 Å². The van der Waals surface area contributed by atoms with E-state index in [1.165, 1.54) is 0 Å². The van der Waals surface area contributed by atoms with Crippen LogP contribution in [-0.2, 0) is 4.79 Å². The molecular weight excluding hydrogens is 490 g/mol. The van der Waals surface area contributed by atoms with E-state index < -0.39 is 11.8 Å². The van der Waals surface area contributed by atoms with Crippen molar-refractivity contribution in [3.63, 3.8) is 0 Å². The van der Waals surface area contributed by atoms with Gasteiger partial charge in [-0.2, -0.15) is 0 Å². The van der Waals surface area contributed by atoms with Crippen LogP contribution in [-0.4, -0.2) is 36.7 Å². The second-order valence-electron chi connectivity index (χ2n) is 8.48. The van der Waals surface area contributed by atoms with Crippen LogP contribution in [0, 0.1) is 6.92 Å². The number of hydrogen-bond donors (Lipinski definition) is 3. The van der Waals surface area contributed by atoms with Crippen molar-refractivity contribution in [1.29, 1.82) is 0 Å². The summed E-state index contributed by atoms with van der Waals surface area (Å²) in [7, 11) is 0. The first kappa shape index (κ1) is 27.5. The quantitative estimate of drug-likeness (QED) is 0.208. The maximum Gasteiger partial charge on any atom is 0.276 e. The fourth-order valence-electron chi connectivity index (χ4n) is 3.32. The molecule has 9 heteroatoms. The first-order valence-electron chi connectivity index (χ1n) is 11.9. The van der Waals surface area contributed by atoms with E-state index >= 15 is 0 Å². The van der Waals surface area contributed by atoms with Crippen molar-refractivity contribution in [3.8, 4) is 17.2 Å². The van der Waals surface area contributed by atoms with Crippen molar-refractivity contribution >= 4 is 29.1 Å². The molecule has 3 aromatic carbocycles. The van der Waals surface area contributed by atoms with Crippen LogP contribution in [0.25, 0.3) is 0 Å². The molecular formula is C28H31N3O5S. The maximum atomic E-state index is 12.6. The highest BCUT2D eigenvalue weighted by molar-refractivity contribution is 7.80. The molecule has 0 aliphatic carbocycles. The zero-order valence-electron chi connectivity index (χ0n) is 21.1. The fraction of sp³-hybridized carbons (Fsp3) is 0.250. The molecule has 37 heavy (non-hydrogen) atoms. The SMILES string of the molecule is Cc1ccc(C(C)C)c(OCC(=O)NNC(=S)NC(=O)c2cccc(OCCOc3ccccc3)c2)c1. The molecule has 3 aromatic rings. The smallest absolute Gasteiger partial charge is 0.276 e. The number of benzene rings is 3. The molecule has 194 valence electrons. The van der Waals surface area contributed by atoms with Gasteiger partial charge < -0.3 is 14.2 Å². The van der Waals surface area contributed by atoms with Crippen LogP contribution in [0.1, 0.15) is 41.3 Å². The number of nitrogens with one attached hydrogen (secondary N) is 3. The number of para-hydroxylation sites is 1. The highest BCUT2D eigenvalue weighted by Gasteiger charge is 2.12. The largest absolute Gasteiger partial charge is 0.490 e. The predicted octanol–water partition coefficient (Wildman–Crippen LogP) is 4.29. The van der Waals surface area contributed by atoms with Gasteiger partial charge in [0.2, 0.25) is 0 Å². The normalized spacial score (nSPS) is 10.4. The van der Waals surface area contributed by atoms with Gasteiger partial charge >= 0.3 is 0 Å². The van der Waals surface area contributed by atoms with E-state index in [1.807, 2.05) is 55.5 Å². The topological polar surface area (TPSA) is 97.9 Å². The van der Waals surface area contributed by atoms with Crippen LogP contribution in [0.4, 0.5) is 0 Å². The number of thiocarbonyl (C=S) groups is 1. The van der Waals surface area contributed by atoms with Gasteiger partial charge in [0, 0.05) is 5.56 Å². The third kappa shape index (κ3) is 9.12. The Morgan fingerprint density at radius 1 is 0.838 bits per heavy atom. The molecule has 0 spiro atoms. The Labute approximate surface area is 222 Å². The number of amides is 2. The zero-order valence-corrected chi connectivity index (χ0v) is 21.9. The molecule has 0 radical (unpaired) electrons. The van der Waals surface area contributed by atoms with Crippen molar-refractivity contribution in [2.45, 2.75) is 26.7 Å². The lowest BCUT2D eigenvalue weighted by atomic mass is 10.0. The van der Waals surface area contributed by atoms with Gasteiger partial charge in [-0.25, -0.2) is 0 Å². The molecule has 0 atom stereocenters. The van der Waals surface area contributed by atoms with Crippen molar-refractivity contribution in [3.05, 3.63) is 89.5 Å². The number of hydrazine groups is 1. The number of carbonyl (C=O) groups excluding carboxylic acids is 2. The van der Waals surface area contributed by atoms with Crippen LogP contribution >= 0.6 is 12.2 Å². The molecule has 0 fully saturated rings. The Bertz CT molecular complexity index is 1220. The maximum absolute atomic E-state index is 12.6. The first-order chi connectivity index (χ1) is 17.8. The van der Waals surface area contributed by atoms with Crippen molar-refractivity contribution in [1.82, 2.24) is 16.2 Å². The molecule has 2 amide bonds. The molecule has 0 aromatic heterocycles. The van der Waals surface area contributed by atoms with Crippen LogP contribution < -0.4 is 30.4 Å². The van der Waals surface area contributed by atoms with Gasteiger partial charge in [0.25, 0.3) is 11.8 Å². The monoisotopic (exact) mass is 521 g/mol. The number of hydrogen-bond acceptors (Lipinski definition) is 6. The molecule has 8 nitrogen and oxygen atoms in total. The van der Waals surface area contributed by atoms with E-state index in [0.717, 1.165) is 16.9 Å². The highest BCUT2D eigenvalue weighted by Crippen LogP contribution is 2.27. The summed E-state index contributed by atoms with van der Waals surface area (Å²) in [5.41, 5.74) is 7.34. The van der Waals surface area contributed by atoms with E-state index in [1.54, 1.807) is 24.3 Å². The lowest BCUT2D eigenvalue weighted by molar-refractivity contribution is -0.123. The summed E-state index contributed by atoms with van der Waals surface area (Å²) in [6.07, 6.45) is 0. The van der Waals surface area contributed by atoms with Crippen LogP contribution in [0.3, 0.4) is 0 Å². The number of carbonyl (C=O) groups is 2. The van der Waals surface area contributed by atoms with Gasteiger partial charge in [0.15, 0.2) is 11.7 Å². The van der Waals surface area contributed by atoms with Gasteiger partial charge in [-0.3, -0.25) is 25.8 Å². The Morgan fingerprint density at radius 2 is 1.54 bits per heavy atom. The fourth-order valence-corrected chi connectivity index (χ4v) is 3.46. The summed E-state index contributed by atoms with van der Waals surface area (Å²) in [5, 5.41) is 2.46. The molecule has 0 aliphatic heterocycles. The van der Waals surface area contributed by atoms with Crippen LogP contribution in [0.15, 0.2) is 72.8 Å². The van der Waals surface area contributed by atoms with Crippen molar-refractivity contribution in [2.75, 3.05) is 19.8 Å². The van der Waals surface area contributed by atoms with E-state index in [4.69, 9.17) is 26.4 Å². The van der Waals surface area contributed by atoms with Gasteiger partial charge in [-0.15, -0.1) is 0 Å². The molecule has 0 bridgehead atoms. The first-order valence-corrected chi connectivity index (χ1v) is 12.3. The average Bonchev–Trinajstić information content (AvgIpc) is 2.89. The van der Waals surface area contributed by atoms with Crippen molar-refractivity contribution < 1.29 is 23.8 Å². The van der Waals surface area contributed by atoms with E-state index in [0.29, 0.717) is 30.3 Å². The summed E-state index contributed by atoms with van der Waals surface area (Å²) in [6, 6.07) is 22.0. The minimum atomic E-state index is -0.449. The summed E-state index contributed by atoms with van der Waals surface area (Å²) in [4.78, 5) is 24.8. The summed E-state index contributed by atoms with van der Waals surface area (Å²) in [5.74, 6) is 1.30. The third-order valence-electron chi connectivity index (χ3n) is 5.15. The predicted molar refractivity (Wildman–Crippen MR) is 146 cm³/mol. The highest BCUT2D eigenvalue weighted by atomic mass is 32.1. The molecule has 0 unspecified atom stereocenters. The van der Waals surface area contributed by atoms with Crippen molar-refractivity contribution in [2.24, 2.45) is 0 Å². The second-order valence-corrected chi connectivity index (χ2v) is 8.89. The number of aryl methyl sites for hydroxylation is 1. The molecule has 0 saturated heterocycles. The summed E-state index contributed by atoms with van der Waals surface area (Å²) < 4.78 is 17.0. The number of ether oxygens (including phenoxy) is 3. The van der Waals surface area contributed by atoms with Crippen LogP contribution in [0.5, 0.6) is 17.2 Å². The summed E-state index contributed by atoms with van der Waals surface area (Å²) in [6.45, 7) is 6.54. The Hall–Kier alpha value is -4.11. The molecule has 3 rings (SSSR count).